The Bertz CT molecular complexity index is 875. The van der Waals surface area contributed by atoms with Crippen LogP contribution in [0.5, 0.6) is 0 Å². The lowest BCUT2D eigenvalue weighted by Crippen LogP contribution is -2.49. The number of hydrogen-bond acceptors (Lipinski definition) is 4. The second kappa shape index (κ2) is 10.1. The van der Waals surface area contributed by atoms with Gasteiger partial charge in [0.15, 0.2) is 0 Å². The second-order valence-corrected chi connectivity index (χ2v) is 7.97. The van der Waals surface area contributed by atoms with Gasteiger partial charge in [-0.1, -0.05) is 25.5 Å². The summed E-state index contributed by atoms with van der Waals surface area (Å²) in [6.07, 6.45) is -0.167. The van der Waals surface area contributed by atoms with Gasteiger partial charge in [0.1, 0.15) is 5.82 Å². The van der Waals surface area contributed by atoms with Crippen LogP contribution in [-0.2, 0) is 17.4 Å². The predicted molar refractivity (Wildman–Crippen MR) is 116 cm³/mol. The van der Waals surface area contributed by atoms with Crippen LogP contribution in [0.15, 0.2) is 36.5 Å². The highest BCUT2D eigenvalue weighted by Crippen LogP contribution is 2.29. The number of nitrogens with zero attached hydrogens (tertiary/aromatic N) is 3. The first-order chi connectivity index (χ1) is 14.8. The maximum absolute atomic E-state index is 12.7. The summed E-state index contributed by atoms with van der Waals surface area (Å²) in [4.78, 5) is 20.4. The van der Waals surface area contributed by atoms with Crippen LogP contribution in [0.25, 0.3) is 0 Å². The number of halogens is 3. The van der Waals surface area contributed by atoms with Crippen molar-refractivity contribution in [2.75, 3.05) is 42.9 Å². The Kier molecular flexibility index (Phi) is 7.54. The Morgan fingerprint density at radius 1 is 1.13 bits per heavy atom. The number of benzene rings is 1. The molecule has 1 N–H and O–H groups in total. The van der Waals surface area contributed by atoms with Gasteiger partial charge >= 0.3 is 6.18 Å². The molecule has 1 aliphatic heterocycles. The van der Waals surface area contributed by atoms with Crippen LogP contribution in [0, 0.1) is 6.92 Å². The minimum Gasteiger partial charge on any atom is -0.354 e. The number of carbonyl (C=O) groups excluding carboxylic acids is 1. The van der Waals surface area contributed by atoms with E-state index in [0.29, 0.717) is 32.0 Å². The van der Waals surface area contributed by atoms with Gasteiger partial charge in [-0.3, -0.25) is 9.69 Å². The van der Waals surface area contributed by atoms with Crippen molar-refractivity contribution >= 4 is 17.4 Å². The molecule has 5 nitrogen and oxygen atoms in total. The zero-order valence-corrected chi connectivity index (χ0v) is 18.0. The fourth-order valence-corrected chi connectivity index (χ4v) is 3.67. The van der Waals surface area contributed by atoms with Gasteiger partial charge in [-0.25, -0.2) is 4.98 Å². The Morgan fingerprint density at radius 2 is 1.87 bits per heavy atom. The van der Waals surface area contributed by atoms with Crippen molar-refractivity contribution in [2.24, 2.45) is 0 Å². The first kappa shape index (κ1) is 23.1. The Labute approximate surface area is 181 Å². The van der Waals surface area contributed by atoms with Gasteiger partial charge in [-0.2, -0.15) is 13.2 Å². The maximum atomic E-state index is 12.7. The molecular weight excluding hydrogens is 405 g/mol. The van der Waals surface area contributed by atoms with Gasteiger partial charge in [-0.05, 0) is 49.1 Å². The molecule has 2 heterocycles. The average Bonchev–Trinajstić information content (AvgIpc) is 2.74. The lowest BCUT2D eigenvalue weighted by molar-refractivity contribution is -0.137. The van der Waals surface area contributed by atoms with Crippen molar-refractivity contribution < 1.29 is 18.0 Å². The third kappa shape index (κ3) is 6.43. The molecule has 0 saturated carbocycles. The monoisotopic (exact) mass is 434 g/mol. The number of pyridine rings is 1. The number of carbonyl (C=O) groups is 1. The van der Waals surface area contributed by atoms with E-state index in [1.807, 2.05) is 22.8 Å². The van der Waals surface area contributed by atoms with Crippen molar-refractivity contribution in [3.8, 4) is 0 Å². The molecule has 1 saturated heterocycles. The number of anilines is 2. The van der Waals surface area contributed by atoms with Crippen LogP contribution in [0.1, 0.15) is 36.5 Å². The van der Waals surface area contributed by atoms with Crippen molar-refractivity contribution in [3.63, 3.8) is 0 Å². The molecule has 0 radical (unpaired) electrons. The molecule has 31 heavy (non-hydrogen) atoms. The van der Waals surface area contributed by atoms with Crippen molar-refractivity contribution in [1.82, 2.24) is 9.88 Å². The van der Waals surface area contributed by atoms with Crippen LogP contribution in [0.4, 0.5) is 24.7 Å². The minimum absolute atomic E-state index is 0.0643. The van der Waals surface area contributed by atoms with Crippen molar-refractivity contribution in [3.05, 3.63) is 53.2 Å². The van der Waals surface area contributed by atoms with Crippen LogP contribution >= 0.6 is 0 Å². The normalized spacial score (nSPS) is 15.2. The Hall–Kier alpha value is -2.61. The van der Waals surface area contributed by atoms with E-state index in [4.69, 9.17) is 0 Å². The van der Waals surface area contributed by atoms with Crippen molar-refractivity contribution in [1.29, 1.82) is 0 Å². The molecule has 0 spiro atoms. The number of piperazine rings is 1. The van der Waals surface area contributed by atoms with Gasteiger partial charge in [0, 0.05) is 38.1 Å². The molecule has 2 aromatic rings. The Morgan fingerprint density at radius 3 is 2.45 bits per heavy atom. The summed E-state index contributed by atoms with van der Waals surface area (Å²) in [7, 11) is 0. The van der Waals surface area contributed by atoms with Gasteiger partial charge in [0.05, 0.1) is 12.1 Å². The van der Waals surface area contributed by atoms with E-state index < -0.39 is 11.7 Å². The molecule has 1 aromatic heterocycles. The van der Waals surface area contributed by atoms with Crippen LogP contribution in [0.3, 0.4) is 0 Å². The van der Waals surface area contributed by atoms with E-state index in [-0.39, 0.29) is 12.5 Å². The third-order valence-electron chi connectivity index (χ3n) is 5.52. The largest absolute Gasteiger partial charge is 0.417 e. The maximum Gasteiger partial charge on any atom is 0.417 e. The number of amides is 1. The molecule has 1 aromatic carbocycles. The van der Waals surface area contributed by atoms with Crippen LogP contribution < -0.4 is 10.2 Å². The fourth-order valence-electron chi connectivity index (χ4n) is 3.67. The third-order valence-corrected chi connectivity index (χ3v) is 5.52. The smallest absolute Gasteiger partial charge is 0.354 e. The average molecular weight is 435 g/mol. The lowest BCUT2D eigenvalue weighted by Gasteiger charge is -2.35. The number of rotatable bonds is 7. The van der Waals surface area contributed by atoms with Crippen molar-refractivity contribution in [2.45, 2.75) is 39.3 Å². The highest BCUT2D eigenvalue weighted by atomic mass is 19.4. The second-order valence-electron chi connectivity index (χ2n) is 7.97. The predicted octanol–water partition coefficient (Wildman–Crippen LogP) is 4.51. The number of hydrogen-bond donors (Lipinski definition) is 1. The fraction of sp³-hybridized carbons (Fsp3) is 0.478. The van der Waals surface area contributed by atoms with Gasteiger partial charge < -0.3 is 10.2 Å². The molecule has 1 amide bonds. The van der Waals surface area contributed by atoms with Gasteiger partial charge in [-0.15, -0.1) is 0 Å². The topological polar surface area (TPSA) is 48.5 Å². The van der Waals surface area contributed by atoms with Gasteiger partial charge in [0.2, 0.25) is 5.91 Å². The minimum atomic E-state index is -4.38. The van der Waals surface area contributed by atoms with E-state index >= 15 is 0 Å². The molecular formula is C23H29F3N4O. The van der Waals surface area contributed by atoms with E-state index in [1.165, 1.54) is 11.6 Å². The SMILES string of the molecule is CCCCc1ccc(NC(=O)CN2CCN(c3ccc(C(F)(F)F)cn3)CC2)c(C)c1. The van der Waals surface area contributed by atoms with E-state index in [9.17, 15) is 18.0 Å². The summed E-state index contributed by atoms with van der Waals surface area (Å²) in [5.74, 6) is 0.460. The zero-order chi connectivity index (χ0) is 22.4. The molecule has 0 aliphatic carbocycles. The summed E-state index contributed by atoms with van der Waals surface area (Å²) in [6, 6.07) is 8.61. The summed E-state index contributed by atoms with van der Waals surface area (Å²) >= 11 is 0. The molecule has 1 fully saturated rings. The number of aryl methyl sites for hydroxylation is 2. The van der Waals surface area contributed by atoms with Crippen LogP contribution in [-0.4, -0.2) is 48.5 Å². The molecule has 168 valence electrons. The zero-order valence-electron chi connectivity index (χ0n) is 18.0. The summed E-state index contributed by atoms with van der Waals surface area (Å²) in [5, 5.41) is 2.99. The highest BCUT2D eigenvalue weighted by molar-refractivity contribution is 5.93. The Balaban J connectivity index is 1.48. The van der Waals surface area contributed by atoms with E-state index in [0.717, 1.165) is 42.8 Å². The number of aromatic nitrogens is 1. The van der Waals surface area contributed by atoms with Gasteiger partial charge in [0.25, 0.3) is 0 Å². The molecule has 0 bridgehead atoms. The van der Waals surface area contributed by atoms with Crippen LogP contribution in [0.2, 0.25) is 0 Å². The van der Waals surface area contributed by atoms with E-state index in [1.54, 1.807) is 0 Å². The lowest BCUT2D eigenvalue weighted by atomic mass is 10.0. The summed E-state index contributed by atoms with van der Waals surface area (Å²) < 4.78 is 38.1. The first-order valence-corrected chi connectivity index (χ1v) is 10.7. The first-order valence-electron chi connectivity index (χ1n) is 10.7. The quantitative estimate of drug-likeness (QED) is 0.697. The summed E-state index contributed by atoms with van der Waals surface area (Å²) in [6.45, 7) is 6.96. The number of unbranched alkanes of at least 4 members (excludes halogenated alkanes) is 1. The number of nitrogens with one attached hydrogen (secondary N) is 1. The molecule has 3 rings (SSSR count). The number of alkyl halides is 3. The van der Waals surface area contributed by atoms with E-state index in [2.05, 4.69) is 29.4 Å². The molecule has 8 heteroatoms. The molecule has 0 unspecified atom stereocenters. The molecule has 0 atom stereocenters. The summed E-state index contributed by atoms with van der Waals surface area (Å²) in [5.41, 5.74) is 2.42. The highest BCUT2D eigenvalue weighted by Gasteiger charge is 2.31. The molecule has 1 aliphatic rings. The standard InChI is InChI=1S/C23H29F3N4O/c1-3-4-5-18-6-8-20(17(2)14-18)28-22(31)16-29-10-12-30(13-11-29)21-9-7-19(15-27-21)23(24,25)26/h6-9,14-15H,3-5,10-13,16H2,1-2H3,(H,28,31).